The highest BCUT2D eigenvalue weighted by molar-refractivity contribution is 9.10. The Bertz CT molecular complexity index is 1180. The van der Waals surface area contributed by atoms with E-state index in [1.54, 1.807) is 30.3 Å². The largest absolute Gasteiger partial charge is 0.497 e. The number of ether oxygens (including phenoxy) is 1. The SMILES string of the molecule is CCC1c2cc(F)ccc2-c2c(Br)cccc2N1S(=O)(=O)c1ccc(OC)cc1. The van der Waals surface area contributed by atoms with Gasteiger partial charge < -0.3 is 4.74 Å². The summed E-state index contributed by atoms with van der Waals surface area (Å²) in [5, 5.41) is 0. The van der Waals surface area contributed by atoms with Crippen molar-refractivity contribution in [2.45, 2.75) is 24.3 Å². The first kappa shape index (κ1) is 19.9. The van der Waals surface area contributed by atoms with Gasteiger partial charge in [0.15, 0.2) is 0 Å². The van der Waals surface area contributed by atoms with Crippen molar-refractivity contribution in [3.05, 3.63) is 76.5 Å². The Kier molecular flexibility index (Phi) is 5.12. The van der Waals surface area contributed by atoms with Crippen LogP contribution in [0.25, 0.3) is 11.1 Å². The van der Waals surface area contributed by atoms with Crippen molar-refractivity contribution in [1.82, 2.24) is 0 Å². The van der Waals surface area contributed by atoms with Gasteiger partial charge in [0.05, 0.1) is 23.7 Å². The van der Waals surface area contributed by atoms with Gasteiger partial charge in [-0.2, -0.15) is 0 Å². The zero-order valence-electron chi connectivity index (χ0n) is 15.9. The van der Waals surface area contributed by atoms with Crippen LogP contribution in [0.15, 0.2) is 70.0 Å². The van der Waals surface area contributed by atoms with E-state index in [2.05, 4.69) is 15.9 Å². The number of methoxy groups -OCH3 is 1. The maximum atomic E-state index is 14.1. The van der Waals surface area contributed by atoms with Crippen molar-refractivity contribution in [3.63, 3.8) is 0 Å². The first-order valence-electron chi connectivity index (χ1n) is 9.15. The maximum absolute atomic E-state index is 14.1. The predicted octanol–water partition coefficient (Wildman–Crippen LogP) is 5.92. The highest BCUT2D eigenvalue weighted by Gasteiger charge is 2.39. The minimum absolute atomic E-state index is 0.155. The number of benzene rings is 3. The lowest BCUT2D eigenvalue weighted by atomic mass is 9.88. The van der Waals surface area contributed by atoms with E-state index in [9.17, 15) is 12.8 Å². The molecule has 0 fully saturated rings. The molecule has 0 radical (unpaired) electrons. The average Bonchev–Trinajstić information content (AvgIpc) is 2.72. The number of halogens is 2. The molecular weight excluding hydrogens is 457 g/mol. The van der Waals surface area contributed by atoms with E-state index in [0.29, 0.717) is 23.4 Å². The molecule has 1 unspecified atom stereocenters. The number of hydrogen-bond acceptors (Lipinski definition) is 3. The Morgan fingerprint density at radius 3 is 2.48 bits per heavy atom. The molecule has 1 aliphatic heterocycles. The van der Waals surface area contributed by atoms with Gasteiger partial charge >= 0.3 is 0 Å². The van der Waals surface area contributed by atoms with Crippen LogP contribution in [0.1, 0.15) is 24.9 Å². The van der Waals surface area contributed by atoms with E-state index < -0.39 is 16.1 Å². The molecular formula is C22H19BrFNO3S. The van der Waals surface area contributed by atoms with Crippen LogP contribution in [0, 0.1) is 5.82 Å². The highest BCUT2D eigenvalue weighted by Crippen LogP contribution is 2.50. The molecule has 4 nitrogen and oxygen atoms in total. The molecule has 0 spiro atoms. The van der Waals surface area contributed by atoms with Crippen LogP contribution in [0.2, 0.25) is 0 Å². The number of fused-ring (bicyclic) bond motifs is 3. The van der Waals surface area contributed by atoms with Gasteiger partial charge in [-0.3, -0.25) is 4.31 Å². The molecule has 150 valence electrons. The second kappa shape index (κ2) is 7.46. The summed E-state index contributed by atoms with van der Waals surface area (Å²) in [6.45, 7) is 1.90. The number of nitrogens with zero attached hydrogens (tertiary/aromatic N) is 1. The van der Waals surface area contributed by atoms with Crippen molar-refractivity contribution in [3.8, 4) is 16.9 Å². The summed E-state index contributed by atoms with van der Waals surface area (Å²) in [6, 6.07) is 15.8. The Morgan fingerprint density at radius 1 is 1.10 bits per heavy atom. The van der Waals surface area contributed by atoms with Gasteiger partial charge in [-0.05, 0) is 66.1 Å². The van der Waals surface area contributed by atoms with Crippen molar-refractivity contribution >= 4 is 31.6 Å². The summed E-state index contributed by atoms with van der Waals surface area (Å²) in [5.41, 5.74) is 2.80. The molecule has 29 heavy (non-hydrogen) atoms. The number of anilines is 1. The molecule has 4 rings (SSSR count). The molecule has 7 heteroatoms. The summed E-state index contributed by atoms with van der Waals surface area (Å²) < 4.78 is 48.8. The Hall–Kier alpha value is -2.38. The van der Waals surface area contributed by atoms with Crippen LogP contribution in [0.5, 0.6) is 5.75 Å². The first-order valence-corrected chi connectivity index (χ1v) is 11.4. The normalized spacial score (nSPS) is 15.6. The fourth-order valence-electron chi connectivity index (χ4n) is 3.84. The zero-order valence-corrected chi connectivity index (χ0v) is 18.3. The van der Waals surface area contributed by atoms with Gasteiger partial charge in [0, 0.05) is 10.0 Å². The van der Waals surface area contributed by atoms with Crippen LogP contribution in [-0.2, 0) is 10.0 Å². The van der Waals surface area contributed by atoms with Crippen LogP contribution in [0.3, 0.4) is 0 Å². The molecule has 0 aliphatic carbocycles. The summed E-state index contributed by atoms with van der Waals surface area (Å²) >= 11 is 3.55. The molecule has 0 aromatic heterocycles. The van der Waals surface area contributed by atoms with E-state index in [1.165, 1.54) is 35.7 Å². The second-order valence-electron chi connectivity index (χ2n) is 6.77. The number of hydrogen-bond donors (Lipinski definition) is 0. The van der Waals surface area contributed by atoms with E-state index >= 15 is 0 Å². The summed E-state index contributed by atoms with van der Waals surface area (Å²) in [4.78, 5) is 0.155. The molecule has 1 heterocycles. The molecule has 3 aromatic carbocycles. The summed E-state index contributed by atoms with van der Waals surface area (Å²) in [5.74, 6) is 0.185. The Balaban J connectivity index is 1.98. The first-order chi connectivity index (χ1) is 13.9. The lowest BCUT2D eigenvalue weighted by Crippen LogP contribution is -2.37. The fraction of sp³-hybridized carbons (Fsp3) is 0.182. The minimum Gasteiger partial charge on any atom is -0.497 e. The van der Waals surface area contributed by atoms with E-state index in [0.717, 1.165) is 15.6 Å². The summed E-state index contributed by atoms with van der Waals surface area (Å²) in [6.07, 6.45) is 0.498. The van der Waals surface area contributed by atoms with Gasteiger partial charge in [-0.25, -0.2) is 12.8 Å². The standard InChI is InChI=1S/C22H19BrFNO3S/c1-3-20-18-13-14(24)7-12-17(18)22-19(23)5-4-6-21(22)25(20)29(26,27)16-10-8-15(28-2)9-11-16/h4-13,20H,3H2,1-2H3. The minimum atomic E-state index is -3.90. The van der Waals surface area contributed by atoms with Crippen molar-refractivity contribution in [2.24, 2.45) is 0 Å². The van der Waals surface area contributed by atoms with Crippen molar-refractivity contribution < 1.29 is 17.5 Å². The Labute approximate surface area is 178 Å². The van der Waals surface area contributed by atoms with Gasteiger partial charge in [-0.1, -0.05) is 35.0 Å². The molecule has 1 aliphatic rings. The van der Waals surface area contributed by atoms with Crippen LogP contribution in [-0.4, -0.2) is 15.5 Å². The third kappa shape index (κ3) is 3.22. The van der Waals surface area contributed by atoms with E-state index in [-0.39, 0.29) is 10.7 Å². The molecule has 0 N–H and O–H groups in total. The molecule has 0 saturated heterocycles. The molecule has 0 bridgehead atoms. The molecule has 0 amide bonds. The monoisotopic (exact) mass is 475 g/mol. The third-order valence-electron chi connectivity index (χ3n) is 5.16. The zero-order chi connectivity index (χ0) is 20.8. The van der Waals surface area contributed by atoms with Gasteiger partial charge in [0.1, 0.15) is 11.6 Å². The molecule has 1 atom stereocenters. The molecule has 0 saturated carbocycles. The van der Waals surface area contributed by atoms with E-state index in [1.807, 2.05) is 13.0 Å². The fourth-order valence-corrected chi connectivity index (χ4v) is 6.12. The Morgan fingerprint density at radius 2 is 1.83 bits per heavy atom. The summed E-state index contributed by atoms with van der Waals surface area (Å²) in [7, 11) is -2.37. The van der Waals surface area contributed by atoms with Gasteiger partial charge in [0.2, 0.25) is 0 Å². The van der Waals surface area contributed by atoms with Gasteiger partial charge in [0.25, 0.3) is 10.0 Å². The maximum Gasteiger partial charge on any atom is 0.264 e. The van der Waals surface area contributed by atoms with Crippen LogP contribution < -0.4 is 9.04 Å². The highest BCUT2D eigenvalue weighted by atomic mass is 79.9. The van der Waals surface area contributed by atoms with Crippen LogP contribution >= 0.6 is 15.9 Å². The molecule has 3 aromatic rings. The predicted molar refractivity (Wildman–Crippen MR) is 115 cm³/mol. The van der Waals surface area contributed by atoms with Crippen molar-refractivity contribution in [1.29, 1.82) is 0 Å². The van der Waals surface area contributed by atoms with Crippen LogP contribution in [0.4, 0.5) is 10.1 Å². The number of sulfonamides is 1. The average molecular weight is 476 g/mol. The quantitative estimate of drug-likeness (QED) is 0.470. The van der Waals surface area contributed by atoms with Gasteiger partial charge in [-0.15, -0.1) is 0 Å². The third-order valence-corrected chi connectivity index (χ3v) is 7.65. The smallest absolute Gasteiger partial charge is 0.264 e. The lowest BCUT2D eigenvalue weighted by Gasteiger charge is -2.39. The van der Waals surface area contributed by atoms with Crippen molar-refractivity contribution in [2.75, 3.05) is 11.4 Å². The number of rotatable bonds is 4. The second-order valence-corrected chi connectivity index (χ2v) is 9.44. The topological polar surface area (TPSA) is 46.6 Å². The lowest BCUT2D eigenvalue weighted by molar-refractivity contribution is 0.414. The van der Waals surface area contributed by atoms with E-state index in [4.69, 9.17) is 4.74 Å².